The van der Waals surface area contributed by atoms with E-state index in [0.717, 1.165) is 12.8 Å². The van der Waals surface area contributed by atoms with Crippen molar-refractivity contribution in [3.8, 4) is 0 Å². The predicted octanol–water partition coefficient (Wildman–Crippen LogP) is 4.03. The molecule has 1 unspecified atom stereocenters. The number of Topliss-reactive ketones (excluding diaryl/α,β-unsaturated/α-hetero) is 2. The molecule has 0 aromatic heterocycles. The van der Waals surface area contributed by atoms with Gasteiger partial charge >= 0.3 is 0 Å². The molecule has 3 nitrogen and oxygen atoms in total. The van der Waals surface area contributed by atoms with Crippen LogP contribution in [0.4, 0.5) is 0 Å². The summed E-state index contributed by atoms with van der Waals surface area (Å²) in [6.07, 6.45) is 4.43. The number of aliphatic hydroxyl groups is 1. The third-order valence-corrected chi connectivity index (χ3v) is 5.43. The Hall–Kier alpha value is -1.90. The first-order chi connectivity index (χ1) is 10.9. The highest BCUT2D eigenvalue weighted by Gasteiger charge is 2.33. The summed E-state index contributed by atoms with van der Waals surface area (Å²) in [4.78, 5) is 24.2. The second kappa shape index (κ2) is 5.95. The van der Waals surface area contributed by atoms with Gasteiger partial charge in [0.1, 0.15) is 5.76 Å². The molecular weight excluding hydrogens is 288 g/mol. The fraction of sp³-hybridized carbons (Fsp3) is 0.500. The summed E-state index contributed by atoms with van der Waals surface area (Å²) in [6, 6.07) is 2.19. The SMILES string of the molecule is CCC(=O)C1=C(O)CC(c2cc(C)c3c(c2C)CCC3)CC1=O. The van der Waals surface area contributed by atoms with Gasteiger partial charge in [0.2, 0.25) is 0 Å². The lowest BCUT2D eigenvalue weighted by atomic mass is 9.78. The molecule has 0 amide bonds. The van der Waals surface area contributed by atoms with Gasteiger partial charge in [0.25, 0.3) is 0 Å². The normalized spacial score (nSPS) is 20.8. The van der Waals surface area contributed by atoms with Gasteiger partial charge in [-0.1, -0.05) is 13.0 Å². The number of fused-ring (bicyclic) bond motifs is 1. The van der Waals surface area contributed by atoms with E-state index in [1.54, 1.807) is 6.92 Å². The topological polar surface area (TPSA) is 54.4 Å². The Morgan fingerprint density at radius 2 is 1.91 bits per heavy atom. The van der Waals surface area contributed by atoms with Crippen LogP contribution in [0.15, 0.2) is 17.4 Å². The van der Waals surface area contributed by atoms with E-state index in [9.17, 15) is 14.7 Å². The van der Waals surface area contributed by atoms with E-state index in [1.807, 2.05) is 0 Å². The number of rotatable bonds is 3. The number of hydrogen-bond donors (Lipinski definition) is 1. The van der Waals surface area contributed by atoms with Crippen molar-refractivity contribution in [3.05, 3.63) is 45.2 Å². The highest BCUT2D eigenvalue weighted by molar-refractivity contribution is 6.21. The number of hydrogen-bond acceptors (Lipinski definition) is 3. The zero-order valence-electron chi connectivity index (χ0n) is 14.2. The summed E-state index contributed by atoms with van der Waals surface area (Å²) in [6.45, 7) is 5.99. The van der Waals surface area contributed by atoms with Crippen LogP contribution in [0.1, 0.15) is 66.3 Å². The summed E-state index contributed by atoms with van der Waals surface area (Å²) in [5.74, 6) is -0.480. The Morgan fingerprint density at radius 1 is 1.22 bits per heavy atom. The van der Waals surface area contributed by atoms with Gasteiger partial charge in [-0.2, -0.15) is 0 Å². The molecule has 0 saturated heterocycles. The Kier molecular flexibility index (Phi) is 4.13. The van der Waals surface area contributed by atoms with Crippen LogP contribution in [-0.2, 0) is 22.4 Å². The van der Waals surface area contributed by atoms with Crippen LogP contribution < -0.4 is 0 Å². The summed E-state index contributed by atoms with van der Waals surface area (Å²) < 4.78 is 0. The van der Waals surface area contributed by atoms with Crippen LogP contribution in [0.25, 0.3) is 0 Å². The number of carbonyl (C=O) groups excluding carboxylic acids is 2. The van der Waals surface area contributed by atoms with E-state index >= 15 is 0 Å². The maximum Gasteiger partial charge on any atom is 0.170 e. The highest BCUT2D eigenvalue weighted by Crippen LogP contribution is 2.39. The average Bonchev–Trinajstić information content (AvgIpc) is 3.00. The van der Waals surface area contributed by atoms with Gasteiger partial charge in [-0.05, 0) is 66.8 Å². The molecule has 1 aromatic carbocycles. The van der Waals surface area contributed by atoms with Crippen molar-refractivity contribution in [1.29, 1.82) is 0 Å². The quantitative estimate of drug-likeness (QED) is 0.857. The molecule has 1 N–H and O–H groups in total. The fourth-order valence-electron chi connectivity index (χ4n) is 4.23. The van der Waals surface area contributed by atoms with Gasteiger partial charge < -0.3 is 5.11 Å². The molecule has 3 rings (SSSR count). The first kappa shape index (κ1) is 16.0. The zero-order valence-corrected chi connectivity index (χ0v) is 14.2. The Labute approximate surface area is 137 Å². The molecule has 0 bridgehead atoms. The van der Waals surface area contributed by atoms with Crippen molar-refractivity contribution >= 4 is 11.6 Å². The third-order valence-electron chi connectivity index (χ3n) is 5.43. The molecule has 1 aromatic rings. The molecule has 2 aliphatic carbocycles. The Bertz CT molecular complexity index is 725. The summed E-state index contributed by atoms with van der Waals surface area (Å²) in [5, 5.41) is 10.3. The number of allylic oxidation sites excluding steroid dienone is 2. The van der Waals surface area contributed by atoms with E-state index in [-0.39, 0.29) is 35.2 Å². The van der Waals surface area contributed by atoms with Crippen LogP contribution >= 0.6 is 0 Å². The van der Waals surface area contributed by atoms with Gasteiger partial charge in [0.15, 0.2) is 11.6 Å². The van der Waals surface area contributed by atoms with Gasteiger partial charge in [0, 0.05) is 19.3 Å². The van der Waals surface area contributed by atoms with E-state index in [1.165, 1.54) is 34.2 Å². The first-order valence-electron chi connectivity index (χ1n) is 8.54. The smallest absolute Gasteiger partial charge is 0.170 e. The monoisotopic (exact) mass is 312 g/mol. The molecule has 3 heteroatoms. The van der Waals surface area contributed by atoms with Crippen molar-refractivity contribution in [2.24, 2.45) is 0 Å². The maximum absolute atomic E-state index is 12.4. The molecule has 23 heavy (non-hydrogen) atoms. The van der Waals surface area contributed by atoms with Crippen LogP contribution in [0.3, 0.4) is 0 Å². The lowest BCUT2D eigenvalue weighted by Gasteiger charge is -2.26. The van der Waals surface area contributed by atoms with Crippen molar-refractivity contribution < 1.29 is 14.7 Å². The number of aliphatic hydroxyl groups excluding tert-OH is 1. The van der Waals surface area contributed by atoms with Crippen molar-refractivity contribution in [3.63, 3.8) is 0 Å². The van der Waals surface area contributed by atoms with E-state index < -0.39 is 0 Å². The number of ketones is 2. The molecule has 0 saturated carbocycles. The van der Waals surface area contributed by atoms with Crippen molar-refractivity contribution in [2.75, 3.05) is 0 Å². The van der Waals surface area contributed by atoms with E-state index in [4.69, 9.17) is 0 Å². The minimum Gasteiger partial charge on any atom is -0.511 e. The van der Waals surface area contributed by atoms with Gasteiger partial charge in [0.05, 0.1) is 5.57 Å². The average molecular weight is 312 g/mol. The number of carbonyl (C=O) groups is 2. The summed E-state index contributed by atoms with van der Waals surface area (Å²) >= 11 is 0. The Balaban J connectivity index is 2.00. The Morgan fingerprint density at radius 3 is 2.57 bits per heavy atom. The minimum absolute atomic E-state index is 0.0134. The van der Waals surface area contributed by atoms with Crippen LogP contribution in [0.5, 0.6) is 0 Å². The first-order valence-corrected chi connectivity index (χ1v) is 8.54. The van der Waals surface area contributed by atoms with E-state index in [2.05, 4.69) is 19.9 Å². The molecular formula is C20H24O3. The number of aryl methyl sites for hydroxylation is 1. The van der Waals surface area contributed by atoms with Crippen molar-refractivity contribution in [1.82, 2.24) is 0 Å². The molecule has 2 aliphatic rings. The predicted molar refractivity (Wildman–Crippen MR) is 89.9 cm³/mol. The minimum atomic E-state index is -0.243. The largest absolute Gasteiger partial charge is 0.511 e. The summed E-state index contributed by atoms with van der Waals surface area (Å²) in [7, 11) is 0. The molecule has 122 valence electrons. The molecule has 0 spiro atoms. The van der Waals surface area contributed by atoms with Gasteiger partial charge in [-0.25, -0.2) is 0 Å². The van der Waals surface area contributed by atoms with Crippen molar-refractivity contribution in [2.45, 2.75) is 65.2 Å². The standard InChI is InChI=1S/C20H24O3/c1-4-17(21)20-18(22)9-13(10-19(20)23)16-8-11(2)14-6-5-7-15(14)12(16)3/h8,13,22H,4-7,9-10H2,1-3H3. The fourth-order valence-corrected chi connectivity index (χ4v) is 4.23. The van der Waals surface area contributed by atoms with Gasteiger partial charge in [-0.15, -0.1) is 0 Å². The number of benzene rings is 1. The zero-order chi connectivity index (χ0) is 16.7. The lowest BCUT2D eigenvalue weighted by Crippen LogP contribution is -2.24. The lowest BCUT2D eigenvalue weighted by molar-refractivity contribution is -0.122. The maximum atomic E-state index is 12.4. The molecule has 0 heterocycles. The molecule has 0 aliphatic heterocycles. The van der Waals surface area contributed by atoms with Crippen LogP contribution in [0.2, 0.25) is 0 Å². The molecule has 0 radical (unpaired) electrons. The second-order valence-electron chi connectivity index (χ2n) is 6.85. The third kappa shape index (κ3) is 2.62. The van der Waals surface area contributed by atoms with Crippen LogP contribution in [0, 0.1) is 13.8 Å². The second-order valence-corrected chi connectivity index (χ2v) is 6.85. The van der Waals surface area contributed by atoms with E-state index in [0.29, 0.717) is 12.8 Å². The summed E-state index contributed by atoms with van der Waals surface area (Å²) in [5.41, 5.74) is 6.69. The highest BCUT2D eigenvalue weighted by atomic mass is 16.3. The van der Waals surface area contributed by atoms with Gasteiger partial charge in [-0.3, -0.25) is 9.59 Å². The molecule has 1 atom stereocenters. The molecule has 0 fully saturated rings. The van der Waals surface area contributed by atoms with Crippen LogP contribution in [-0.4, -0.2) is 16.7 Å².